The average molecular weight is 463 g/mol. The highest BCUT2D eigenvalue weighted by Gasteiger charge is 2.30. The molecule has 3 rings (SSSR count). The Labute approximate surface area is 172 Å². The molecule has 0 heterocycles. The highest BCUT2D eigenvalue weighted by atomic mass is 79.9. The van der Waals surface area contributed by atoms with E-state index >= 15 is 0 Å². The molecular weight excluding hydrogens is 449 g/mol. The molecule has 0 radical (unpaired) electrons. The van der Waals surface area contributed by atoms with Crippen LogP contribution in [0.2, 0.25) is 0 Å². The number of para-hydroxylation sites is 1. The Balaban J connectivity index is 1.80. The van der Waals surface area contributed by atoms with Crippen molar-refractivity contribution in [3.05, 3.63) is 94.0 Å². The smallest absolute Gasteiger partial charge is 0.322 e. The maximum Gasteiger partial charge on any atom is 0.416 e. The molecule has 0 spiro atoms. The van der Waals surface area contributed by atoms with Crippen LogP contribution in [0.4, 0.5) is 24.5 Å². The number of alkyl halides is 3. The molecule has 3 aromatic rings. The maximum absolute atomic E-state index is 12.9. The zero-order valence-electron chi connectivity index (χ0n) is 14.8. The van der Waals surface area contributed by atoms with Crippen LogP contribution in [0.5, 0.6) is 0 Å². The summed E-state index contributed by atoms with van der Waals surface area (Å²) in [5.41, 5.74) is -0.118. The Hall–Kier alpha value is -3.13. The van der Waals surface area contributed by atoms with Crippen LogP contribution in [0, 0.1) is 0 Å². The quantitative estimate of drug-likeness (QED) is 0.501. The molecule has 29 heavy (non-hydrogen) atoms. The molecule has 0 aliphatic carbocycles. The number of nitrogens with one attached hydrogen (secondary N) is 2. The number of carbonyl (C=O) groups excluding carboxylic acids is 2. The number of halogens is 4. The SMILES string of the molecule is O=C(Nc1ccccc1C(=O)Nc1cccc(C(F)(F)F)c1)c1ccc(Br)cc1. The lowest BCUT2D eigenvalue weighted by molar-refractivity contribution is -0.137. The van der Waals surface area contributed by atoms with Crippen LogP contribution in [-0.2, 0) is 6.18 Å². The highest BCUT2D eigenvalue weighted by Crippen LogP contribution is 2.31. The summed E-state index contributed by atoms with van der Waals surface area (Å²) < 4.78 is 39.4. The first-order valence-corrected chi connectivity index (χ1v) is 9.18. The average Bonchev–Trinajstić information content (AvgIpc) is 2.68. The molecule has 0 saturated carbocycles. The van der Waals surface area contributed by atoms with Gasteiger partial charge in [0.25, 0.3) is 11.8 Å². The molecule has 0 saturated heterocycles. The van der Waals surface area contributed by atoms with Gasteiger partial charge in [-0.15, -0.1) is 0 Å². The van der Waals surface area contributed by atoms with E-state index in [9.17, 15) is 22.8 Å². The van der Waals surface area contributed by atoms with Crippen molar-refractivity contribution in [2.75, 3.05) is 10.6 Å². The monoisotopic (exact) mass is 462 g/mol. The number of hydrogen-bond acceptors (Lipinski definition) is 2. The molecule has 3 aromatic carbocycles. The van der Waals surface area contributed by atoms with E-state index in [0.29, 0.717) is 5.56 Å². The summed E-state index contributed by atoms with van der Waals surface area (Å²) in [5, 5.41) is 5.09. The third-order valence-electron chi connectivity index (χ3n) is 3.97. The van der Waals surface area contributed by atoms with E-state index < -0.39 is 23.6 Å². The predicted octanol–water partition coefficient (Wildman–Crippen LogP) is 5.97. The van der Waals surface area contributed by atoms with Gasteiger partial charge in [-0.3, -0.25) is 9.59 Å². The van der Waals surface area contributed by atoms with Crippen molar-refractivity contribution in [2.24, 2.45) is 0 Å². The minimum absolute atomic E-state index is 0.00105. The van der Waals surface area contributed by atoms with Gasteiger partial charge in [-0.25, -0.2) is 0 Å². The summed E-state index contributed by atoms with van der Waals surface area (Å²) in [6.07, 6.45) is -4.52. The number of rotatable bonds is 4. The van der Waals surface area contributed by atoms with E-state index in [1.165, 1.54) is 24.3 Å². The van der Waals surface area contributed by atoms with Crippen molar-refractivity contribution in [3.8, 4) is 0 Å². The first-order valence-electron chi connectivity index (χ1n) is 8.38. The molecule has 0 fully saturated rings. The van der Waals surface area contributed by atoms with E-state index in [1.807, 2.05) is 0 Å². The molecule has 0 bridgehead atoms. The minimum Gasteiger partial charge on any atom is -0.322 e. The van der Waals surface area contributed by atoms with Gasteiger partial charge >= 0.3 is 6.18 Å². The van der Waals surface area contributed by atoms with Crippen LogP contribution in [0.3, 0.4) is 0 Å². The number of anilines is 2. The van der Waals surface area contributed by atoms with Gasteiger partial charge in [-0.1, -0.05) is 34.1 Å². The van der Waals surface area contributed by atoms with Crippen LogP contribution in [-0.4, -0.2) is 11.8 Å². The van der Waals surface area contributed by atoms with Gasteiger partial charge in [0.15, 0.2) is 0 Å². The molecule has 0 unspecified atom stereocenters. The molecule has 0 aliphatic heterocycles. The summed E-state index contributed by atoms with van der Waals surface area (Å²) in [4.78, 5) is 25.0. The standard InChI is InChI=1S/C21H14BrF3N2O2/c22-15-10-8-13(9-11-15)19(28)27-18-7-2-1-6-17(18)20(29)26-16-5-3-4-14(12-16)21(23,24)25/h1-12H,(H,26,29)(H,27,28). The third kappa shape index (κ3) is 5.23. The predicted molar refractivity (Wildman–Crippen MR) is 108 cm³/mol. The van der Waals surface area contributed by atoms with E-state index in [0.717, 1.165) is 16.6 Å². The van der Waals surface area contributed by atoms with Gasteiger partial charge in [-0.05, 0) is 54.6 Å². The summed E-state index contributed by atoms with van der Waals surface area (Å²) >= 11 is 3.29. The van der Waals surface area contributed by atoms with Crippen molar-refractivity contribution in [1.82, 2.24) is 0 Å². The van der Waals surface area contributed by atoms with Crippen molar-refractivity contribution < 1.29 is 22.8 Å². The molecule has 148 valence electrons. The maximum atomic E-state index is 12.9. The Bertz CT molecular complexity index is 1050. The van der Waals surface area contributed by atoms with Gasteiger partial charge in [0.2, 0.25) is 0 Å². The number of carbonyl (C=O) groups is 2. The zero-order valence-corrected chi connectivity index (χ0v) is 16.3. The van der Waals surface area contributed by atoms with E-state index in [1.54, 1.807) is 36.4 Å². The minimum atomic E-state index is -4.52. The lowest BCUT2D eigenvalue weighted by atomic mass is 10.1. The molecular formula is C21H14BrF3N2O2. The summed E-state index contributed by atoms with van der Waals surface area (Å²) in [6.45, 7) is 0. The van der Waals surface area contributed by atoms with Crippen molar-refractivity contribution in [3.63, 3.8) is 0 Å². The second-order valence-electron chi connectivity index (χ2n) is 6.04. The summed E-state index contributed by atoms with van der Waals surface area (Å²) in [6, 6.07) is 17.2. The van der Waals surface area contributed by atoms with Gasteiger partial charge in [-0.2, -0.15) is 13.2 Å². The Kier molecular flexibility index (Phi) is 6.03. The normalized spacial score (nSPS) is 11.0. The van der Waals surface area contributed by atoms with Crippen molar-refractivity contribution >= 4 is 39.1 Å². The number of benzene rings is 3. The fourth-order valence-electron chi connectivity index (χ4n) is 2.56. The molecule has 4 nitrogen and oxygen atoms in total. The van der Waals surface area contributed by atoms with Crippen molar-refractivity contribution in [1.29, 1.82) is 0 Å². The van der Waals surface area contributed by atoms with Gasteiger partial charge in [0.1, 0.15) is 0 Å². The first-order chi connectivity index (χ1) is 13.7. The van der Waals surface area contributed by atoms with Crippen LogP contribution in [0.25, 0.3) is 0 Å². The molecule has 8 heteroatoms. The molecule has 2 amide bonds. The molecule has 0 aliphatic rings. The first kappa shape index (κ1) is 20.6. The number of hydrogen-bond donors (Lipinski definition) is 2. The second-order valence-corrected chi connectivity index (χ2v) is 6.95. The topological polar surface area (TPSA) is 58.2 Å². The van der Waals surface area contributed by atoms with E-state index in [4.69, 9.17) is 0 Å². The molecule has 0 aromatic heterocycles. The van der Waals surface area contributed by atoms with Crippen LogP contribution in [0.15, 0.2) is 77.3 Å². The van der Waals surface area contributed by atoms with Gasteiger partial charge in [0.05, 0.1) is 16.8 Å². The summed E-state index contributed by atoms with van der Waals surface area (Å²) in [7, 11) is 0. The highest BCUT2D eigenvalue weighted by molar-refractivity contribution is 9.10. The lowest BCUT2D eigenvalue weighted by Crippen LogP contribution is -2.18. The van der Waals surface area contributed by atoms with E-state index in [2.05, 4.69) is 26.6 Å². The van der Waals surface area contributed by atoms with Crippen LogP contribution >= 0.6 is 15.9 Å². The Morgan fingerprint density at radius 3 is 2.17 bits per heavy atom. The van der Waals surface area contributed by atoms with Crippen molar-refractivity contribution in [2.45, 2.75) is 6.18 Å². The van der Waals surface area contributed by atoms with Crippen LogP contribution < -0.4 is 10.6 Å². The van der Waals surface area contributed by atoms with Gasteiger partial charge < -0.3 is 10.6 Å². The van der Waals surface area contributed by atoms with E-state index in [-0.39, 0.29) is 16.9 Å². The largest absolute Gasteiger partial charge is 0.416 e. The number of amides is 2. The lowest BCUT2D eigenvalue weighted by Gasteiger charge is -2.13. The molecule has 0 atom stereocenters. The molecule has 2 N–H and O–H groups in total. The second kappa shape index (κ2) is 8.48. The van der Waals surface area contributed by atoms with Gasteiger partial charge in [0, 0.05) is 15.7 Å². The fraction of sp³-hybridized carbons (Fsp3) is 0.0476. The Morgan fingerprint density at radius 2 is 1.48 bits per heavy atom. The Morgan fingerprint density at radius 1 is 0.793 bits per heavy atom. The zero-order chi connectivity index (χ0) is 21.0. The third-order valence-corrected chi connectivity index (χ3v) is 4.50. The fourth-order valence-corrected chi connectivity index (χ4v) is 2.82. The van der Waals surface area contributed by atoms with Crippen LogP contribution in [0.1, 0.15) is 26.3 Å². The summed E-state index contributed by atoms with van der Waals surface area (Å²) in [5.74, 6) is -1.06.